The summed E-state index contributed by atoms with van der Waals surface area (Å²) in [6.45, 7) is 9.80. The summed E-state index contributed by atoms with van der Waals surface area (Å²) in [6.07, 6.45) is 3.37. The normalized spacial score (nSPS) is 11.7. The molecule has 0 atom stereocenters. The first-order chi connectivity index (χ1) is 19.1. The number of imidazole rings is 1. The van der Waals surface area contributed by atoms with Crippen LogP contribution >= 0.6 is 11.3 Å². The third-order valence-corrected chi connectivity index (χ3v) is 7.36. The molecule has 3 aromatic heterocycles. The number of ketones is 1. The van der Waals surface area contributed by atoms with Gasteiger partial charge in [0.15, 0.2) is 10.9 Å². The lowest BCUT2D eigenvalue weighted by molar-refractivity contribution is 0.0635. The highest BCUT2D eigenvalue weighted by atomic mass is 32.1. The Morgan fingerprint density at radius 2 is 1.82 bits per heavy atom. The zero-order valence-electron chi connectivity index (χ0n) is 23.4. The number of benzene rings is 2. The average molecular weight is 558 g/mol. The van der Waals surface area contributed by atoms with Crippen molar-refractivity contribution in [1.82, 2.24) is 19.5 Å². The number of pyridine rings is 1. The van der Waals surface area contributed by atoms with Crippen LogP contribution in [0.3, 0.4) is 0 Å². The summed E-state index contributed by atoms with van der Waals surface area (Å²) in [6, 6.07) is 11.7. The highest BCUT2D eigenvalue weighted by molar-refractivity contribution is 7.23. The van der Waals surface area contributed by atoms with Crippen LogP contribution in [0, 0.1) is 6.92 Å². The molecule has 3 heterocycles. The third-order valence-electron chi connectivity index (χ3n) is 6.37. The van der Waals surface area contributed by atoms with E-state index >= 15 is 0 Å². The van der Waals surface area contributed by atoms with Gasteiger partial charge >= 0.3 is 6.09 Å². The highest BCUT2D eigenvalue weighted by Crippen LogP contribution is 2.39. The van der Waals surface area contributed by atoms with Gasteiger partial charge in [0.25, 0.3) is 0 Å². The number of nitrogens with one attached hydrogen (secondary N) is 1. The Balaban J connectivity index is 1.65. The molecule has 0 unspecified atom stereocenters. The number of carbonyl (C=O) groups excluding carboxylic acids is 2. The predicted octanol–water partition coefficient (Wildman–Crippen LogP) is 7.01. The molecule has 0 saturated carbocycles. The molecule has 5 aromatic rings. The Morgan fingerprint density at radius 3 is 2.48 bits per heavy atom. The molecule has 0 saturated heterocycles. The van der Waals surface area contributed by atoms with Gasteiger partial charge in [-0.15, -0.1) is 0 Å². The Bertz CT molecular complexity index is 1730. The topological polar surface area (TPSA) is 108 Å². The molecule has 0 fully saturated rings. The Kier molecular flexibility index (Phi) is 7.29. The van der Waals surface area contributed by atoms with Gasteiger partial charge in [-0.1, -0.05) is 30.4 Å². The van der Waals surface area contributed by atoms with E-state index < -0.39 is 11.7 Å². The highest BCUT2D eigenvalue weighted by Gasteiger charge is 2.22. The summed E-state index contributed by atoms with van der Waals surface area (Å²) in [7, 11) is 1.64. The lowest BCUT2D eigenvalue weighted by Crippen LogP contribution is -2.27. The second-order valence-electron chi connectivity index (χ2n) is 10.5. The first-order valence-electron chi connectivity index (χ1n) is 13.0. The van der Waals surface area contributed by atoms with E-state index in [2.05, 4.69) is 14.9 Å². The maximum absolute atomic E-state index is 12.5. The van der Waals surface area contributed by atoms with Crippen LogP contribution in [-0.4, -0.2) is 44.1 Å². The van der Waals surface area contributed by atoms with Gasteiger partial charge in [0.1, 0.15) is 17.0 Å². The lowest BCUT2D eigenvalue weighted by Gasteiger charge is -2.18. The number of fused-ring (bicyclic) bond motifs is 3. The number of ether oxygens (including phenoxy) is 2. The number of anilines is 1. The van der Waals surface area contributed by atoms with Gasteiger partial charge in [-0.05, 0) is 63.1 Å². The zero-order valence-corrected chi connectivity index (χ0v) is 24.2. The molecule has 0 aliphatic carbocycles. The van der Waals surface area contributed by atoms with Crippen LogP contribution in [-0.2, 0) is 11.3 Å². The maximum Gasteiger partial charge on any atom is 0.413 e. The van der Waals surface area contributed by atoms with Crippen LogP contribution in [0.25, 0.3) is 32.4 Å². The predicted molar refractivity (Wildman–Crippen MR) is 157 cm³/mol. The number of aromatic nitrogens is 4. The largest absolute Gasteiger partial charge is 0.497 e. The molecule has 206 valence electrons. The molecule has 2 aromatic carbocycles. The summed E-state index contributed by atoms with van der Waals surface area (Å²) < 4.78 is 13.7. The van der Waals surface area contributed by atoms with Crippen LogP contribution in [0.4, 0.5) is 9.93 Å². The van der Waals surface area contributed by atoms with Gasteiger partial charge in [-0.2, -0.15) is 0 Å². The molecule has 1 amide bonds. The Morgan fingerprint density at radius 1 is 1.07 bits per heavy atom. The molecule has 0 aliphatic heterocycles. The molecule has 10 heteroatoms. The van der Waals surface area contributed by atoms with Crippen molar-refractivity contribution < 1.29 is 19.1 Å². The summed E-state index contributed by atoms with van der Waals surface area (Å²) in [4.78, 5) is 38.8. The molecule has 40 heavy (non-hydrogen) atoms. The number of nitrogens with zero attached hydrogens (tertiary/aromatic N) is 4. The van der Waals surface area contributed by atoms with Gasteiger partial charge in [0.05, 0.1) is 34.7 Å². The monoisotopic (exact) mass is 557 g/mol. The fourth-order valence-electron chi connectivity index (χ4n) is 4.49. The third kappa shape index (κ3) is 5.53. The van der Waals surface area contributed by atoms with Gasteiger partial charge in [-0.3, -0.25) is 15.1 Å². The summed E-state index contributed by atoms with van der Waals surface area (Å²) in [5.41, 5.74) is 5.92. The van der Waals surface area contributed by atoms with Crippen molar-refractivity contribution in [3.8, 4) is 16.9 Å². The quantitative estimate of drug-likeness (QED) is 0.214. The lowest BCUT2D eigenvalue weighted by atomic mass is 9.99. The molecule has 0 radical (unpaired) electrons. The smallest absolute Gasteiger partial charge is 0.413 e. The van der Waals surface area contributed by atoms with E-state index in [9.17, 15) is 9.59 Å². The number of rotatable bonds is 7. The maximum atomic E-state index is 12.5. The number of carbonyl (C=O) groups is 2. The minimum Gasteiger partial charge on any atom is -0.497 e. The van der Waals surface area contributed by atoms with Gasteiger partial charge < -0.3 is 14.0 Å². The van der Waals surface area contributed by atoms with E-state index in [1.807, 2.05) is 77.3 Å². The van der Waals surface area contributed by atoms with E-state index in [0.717, 1.165) is 43.7 Å². The van der Waals surface area contributed by atoms with Crippen molar-refractivity contribution in [3.05, 3.63) is 65.7 Å². The van der Waals surface area contributed by atoms with Crippen molar-refractivity contribution in [2.24, 2.45) is 0 Å². The number of hydrogen-bond donors (Lipinski definition) is 1. The van der Waals surface area contributed by atoms with Gasteiger partial charge in [0, 0.05) is 30.3 Å². The first-order valence-corrected chi connectivity index (χ1v) is 13.8. The van der Waals surface area contributed by atoms with Crippen molar-refractivity contribution in [3.63, 3.8) is 0 Å². The minimum atomic E-state index is -0.631. The standard InChI is InChI=1S/C30H31N5O4S/c1-7-24(36)22-12-17(2)21(14-31-22)20-13-23-27(40-28(33-23)34-29(37)39-30(3,4)5)26-25(20)32-16-35(26)15-18-8-10-19(38-6)11-9-18/h8-14,16H,7,15H2,1-6H3,(H,33,34,37). The van der Waals surface area contributed by atoms with E-state index in [1.54, 1.807) is 13.3 Å². The molecule has 1 N–H and O–H groups in total. The number of thiazole rings is 1. The number of methoxy groups -OCH3 is 1. The number of aryl methyl sites for hydroxylation is 1. The second-order valence-corrected chi connectivity index (χ2v) is 11.5. The first kappa shape index (κ1) is 27.3. The molecule has 9 nitrogen and oxygen atoms in total. The van der Waals surface area contributed by atoms with Crippen LogP contribution < -0.4 is 10.1 Å². The van der Waals surface area contributed by atoms with Crippen LogP contribution in [0.2, 0.25) is 0 Å². The van der Waals surface area contributed by atoms with E-state index in [0.29, 0.717) is 29.3 Å². The molecular weight excluding hydrogens is 526 g/mol. The van der Waals surface area contributed by atoms with Crippen molar-refractivity contribution in [1.29, 1.82) is 0 Å². The zero-order chi connectivity index (χ0) is 28.6. The van der Waals surface area contributed by atoms with Crippen molar-refractivity contribution in [2.75, 3.05) is 12.4 Å². The average Bonchev–Trinajstić information content (AvgIpc) is 3.50. The number of hydrogen-bond acceptors (Lipinski definition) is 8. The van der Waals surface area contributed by atoms with E-state index in [1.165, 1.54) is 11.3 Å². The minimum absolute atomic E-state index is 0.00335. The van der Waals surface area contributed by atoms with Crippen LogP contribution in [0.5, 0.6) is 5.75 Å². The fourth-order valence-corrected chi connectivity index (χ4v) is 5.48. The molecule has 5 rings (SSSR count). The van der Waals surface area contributed by atoms with Crippen LogP contribution in [0.1, 0.15) is 55.7 Å². The van der Waals surface area contributed by atoms with Crippen molar-refractivity contribution >= 4 is 49.6 Å². The SMILES string of the molecule is CCC(=O)c1cc(C)c(-c2cc3nc(NC(=O)OC(C)(C)C)sc3c3c2ncn3Cc2ccc(OC)cc2)cn1. The Hall–Kier alpha value is -4.31. The number of Topliss-reactive ketones (excluding diaryl/α,β-unsaturated/α-hetero) is 1. The summed E-state index contributed by atoms with van der Waals surface area (Å²) in [5, 5.41) is 3.21. The molecule has 0 aliphatic rings. The fraction of sp³-hybridized carbons (Fsp3) is 0.300. The second kappa shape index (κ2) is 10.7. The van der Waals surface area contributed by atoms with E-state index in [-0.39, 0.29) is 5.78 Å². The van der Waals surface area contributed by atoms with Gasteiger partial charge in [-0.25, -0.2) is 14.8 Å². The summed E-state index contributed by atoms with van der Waals surface area (Å²) in [5.74, 6) is 0.786. The van der Waals surface area contributed by atoms with Crippen molar-refractivity contribution in [2.45, 2.75) is 53.2 Å². The number of amides is 1. The molecule has 0 spiro atoms. The summed E-state index contributed by atoms with van der Waals surface area (Å²) >= 11 is 1.37. The molecule has 0 bridgehead atoms. The molecular formula is C30H31N5O4S. The van der Waals surface area contributed by atoms with Gasteiger partial charge in [0.2, 0.25) is 0 Å². The van der Waals surface area contributed by atoms with Crippen LogP contribution in [0.15, 0.2) is 48.9 Å². The van der Waals surface area contributed by atoms with E-state index in [4.69, 9.17) is 19.4 Å². The Labute approximate surface area is 236 Å².